The molecule has 0 unspecified atom stereocenters. The molecule has 2 heteroatoms. The Labute approximate surface area is 75.9 Å². The minimum Gasteiger partial charge on any atom is -0.460 e. The van der Waals surface area contributed by atoms with Gasteiger partial charge in [0.1, 0.15) is 11.3 Å². The van der Waals surface area contributed by atoms with Gasteiger partial charge in [-0.2, -0.15) is 0 Å². The van der Waals surface area contributed by atoms with Gasteiger partial charge in [-0.05, 0) is 12.1 Å². The molecular weight excluding hydrogens is 204 g/mol. The lowest BCUT2D eigenvalue weighted by Crippen LogP contribution is -1.62. The molecule has 0 saturated carbocycles. The Hall–Kier alpha value is -0.760. The molecule has 1 nitrogen and oxygen atoms in total. The average Bonchev–Trinajstić information content (AvgIpc) is 2.45. The van der Waals surface area contributed by atoms with Crippen molar-refractivity contribution >= 4 is 26.9 Å². The first-order valence-corrected chi connectivity index (χ1v) is 4.04. The number of furan rings is 1. The summed E-state index contributed by atoms with van der Waals surface area (Å²) >= 11 is 2.90. The van der Waals surface area contributed by atoms with Crippen LogP contribution in [0.2, 0.25) is 0 Å². The summed E-state index contributed by atoms with van der Waals surface area (Å²) in [5.74, 6) is 0.300. The van der Waals surface area contributed by atoms with Crippen molar-refractivity contribution in [2.24, 2.45) is 0 Å². The summed E-state index contributed by atoms with van der Waals surface area (Å²) < 4.78 is 20.1. The van der Waals surface area contributed by atoms with Crippen LogP contribution in [0, 0.1) is 0 Å². The van der Waals surface area contributed by atoms with Crippen molar-refractivity contribution < 1.29 is 7.16 Å². The molecular formula is C9H7BrO. The monoisotopic (exact) mass is 212 g/mol. The van der Waals surface area contributed by atoms with Crippen molar-refractivity contribution in [3.8, 4) is 0 Å². The van der Waals surface area contributed by atoms with E-state index in [1.807, 2.05) is 24.3 Å². The third kappa shape index (κ3) is 1.18. The molecule has 0 aliphatic heterocycles. The van der Waals surface area contributed by atoms with Crippen molar-refractivity contribution in [3.63, 3.8) is 0 Å². The molecule has 2 rings (SSSR count). The highest BCUT2D eigenvalue weighted by molar-refractivity contribution is 9.08. The number of hydrogen-bond acceptors (Lipinski definition) is 1. The largest absolute Gasteiger partial charge is 0.460 e. The van der Waals surface area contributed by atoms with Crippen LogP contribution in [0.25, 0.3) is 11.0 Å². The Morgan fingerprint density at radius 3 is 3.00 bits per heavy atom. The van der Waals surface area contributed by atoms with E-state index in [9.17, 15) is 0 Å². The smallest absolute Gasteiger partial charge is 0.134 e. The fourth-order valence-electron chi connectivity index (χ4n) is 1.03. The zero-order valence-electron chi connectivity index (χ0n) is 7.67. The molecule has 1 aromatic heterocycles. The number of hydrogen-bond donors (Lipinski definition) is 0. The van der Waals surface area contributed by atoms with Crippen molar-refractivity contribution in [2.45, 2.75) is 5.28 Å². The third-order valence-corrected chi connectivity index (χ3v) is 1.91. The molecule has 0 atom stereocenters. The summed E-state index contributed by atoms with van der Waals surface area (Å²) in [5.41, 5.74) is 0.709. The summed E-state index contributed by atoms with van der Waals surface area (Å²) in [6.45, 7) is 0. The van der Waals surface area contributed by atoms with Gasteiger partial charge in [0.15, 0.2) is 0 Å². The van der Waals surface area contributed by atoms with E-state index in [1.54, 1.807) is 6.07 Å². The highest BCUT2D eigenvalue weighted by Crippen LogP contribution is 2.19. The Kier molecular flexibility index (Phi) is 1.22. The van der Waals surface area contributed by atoms with Crippen molar-refractivity contribution in [1.29, 1.82) is 0 Å². The SMILES string of the molecule is [2H]C([2H])(Br)c1cc2ccccc2o1. The van der Waals surface area contributed by atoms with Crippen molar-refractivity contribution in [3.05, 3.63) is 36.1 Å². The first kappa shape index (κ1) is 4.99. The molecule has 0 N–H and O–H groups in total. The second-order valence-electron chi connectivity index (χ2n) is 2.24. The van der Waals surface area contributed by atoms with E-state index in [0.717, 1.165) is 5.39 Å². The highest BCUT2D eigenvalue weighted by atomic mass is 79.9. The van der Waals surface area contributed by atoms with E-state index in [2.05, 4.69) is 15.9 Å². The Bertz CT molecular complexity index is 397. The number of halogens is 1. The second-order valence-corrected chi connectivity index (χ2v) is 2.64. The van der Waals surface area contributed by atoms with Gasteiger partial charge < -0.3 is 4.42 Å². The van der Waals surface area contributed by atoms with Crippen LogP contribution in [0.15, 0.2) is 34.7 Å². The van der Waals surface area contributed by atoms with Crippen LogP contribution in [-0.4, -0.2) is 0 Å². The molecule has 1 aromatic carbocycles. The average molecular weight is 213 g/mol. The van der Waals surface area contributed by atoms with Crippen LogP contribution in [0.4, 0.5) is 0 Å². The van der Waals surface area contributed by atoms with Crippen LogP contribution in [-0.2, 0) is 5.28 Å². The second kappa shape index (κ2) is 2.70. The van der Waals surface area contributed by atoms with Crippen LogP contribution in [0.3, 0.4) is 0 Å². The molecule has 0 saturated heterocycles. The maximum absolute atomic E-state index is 7.39. The predicted molar refractivity (Wildman–Crippen MR) is 48.8 cm³/mol. The molecule has 1 heterocycles. The molecule has 0 aliphatic carbocycles. The Morgan fingerprint density at radius 2 is 2.27 bits per heavy atom. The summed E-state index contributed by atoms with van der Waals surface area (Å²) in [4.78, 5) is 0. The van der Waals surface area contributed by atoms with Gasteiger partial charge in [0.05, 0.1) is 5.28 Å². The van der Waals surface area contributed by atoms with Crippen LogP contribution >= 0.6 is 15.9 Å². The molecule has 2 aromatic rings. The molecule has 0 spiro atoms. The standard InChI is InChI=1S/C9H7BrO/c10-6-8-5-7-3-1-2-4-9(7)11-8/h1-5H,6H2/i6D2. The summed E-state index contributed by atoms with van der Waals surface area (Å²) in [6.07, 6.45) is 0. The van der Waals surface area contributed by atoms with Gasteiger partial charge in [-0.15, -0.1) is 0 Å². The lowest BCUT2D eigenvalue weighted by Gasteiger charge is -1.83. The first-order valence-electron chi connectivity index (χ1n) is 4.25. The maximum atomic E-state index is 7.39. The fourth-order valence-corrected chi connectivity index (χ4v) is 1.22. The molecule has 56 valence electrons. The van der Waals surface area contributed by atoms with Gasteiger partial charge in [-0.1, -0.05) is 34.1 Å². The van der Waals surface area contributed by atoms with E-state index in [1.165, 1.54) is 0 Å². The topological polar surface area (TPSA) is 13.1 Å². The van der Waals surface area contributed by atoms with Gasteiger partial charge in [0, 0.05) is 8.13 Å². The quantitative estimate of drug-likeness (QED) is 0.662. The summed E-state index contributed by atoms with van der Waals surface area (Å²) in [5, 5.41) is -0.674. The normalized spacial score (nSPS) is 14.6. The molecule has 0 amide bonds. The first-order chi connectivity index (χ1) is 6.07. The Morgan fingerprint density at radius 1 is 1.45 bits per heavy atom. The van der Waals surface area contributed by atoms with E-state index >= 15 is 0 Å². The number of fused-ring (bicyclic) bond motifs is 1. The van der Waals surface area contributed by atoms with Crippen molar-refractivity contribution in [1.82, 2.24) is 0 Å². The molecule has 0 aliphatic rings. The third-order valence-electron chi connectivity index (χ3n) is 1.52. The van der Waals surface area contributed by atoms with Gasteiger partial charge in [-0.3, -0.25) is 0 Å². The predicted octanol–water partition coefficient (Wildman–Crippen LogP) is 3.33. The van der Waals surface area contributed by atoms with Crippen LogP contribution in [0.1, 0.15) is 8.50 Å². The van der Waals surface area contributed by atoms with Gasteiger partial charge in [0.2, 0.25) is 0 Å². The van der Waals surface area contributed by atoms with Gasteiger partial charge in [0.25, 0.3) is 0 Å². The lowest BCUT2D eigenvalue weighted by atomic mass is 10.2. The zero-order chi connectivity index (χ0) is 9.47. The van der Waals surface area contributed by atoms with E-state index in [-0.39, 0.29) is 0 Å². The van der Waals surface area contributed by atoms with Crippen molar-refractivity contribution in [2.75, 3.05) is 0 Å². The maximum Gasteiger partial charge on any atom is 0.134 e. The van der Waals surface area contributed by atoms with Crippen LogP contribution < -0.4 is 0 Å². The minimum atomic E-state index is -1.59. The summed E-state index contributed by atoms with van der Waals surface area (Å²) in [7, 11) is 0. The highest BCUT2D eigenvalue weighted by Gasteiger charge is 1.99. The fraction of sp³-hybridized carbons (Fsp3) is 0.111. The zero-order valence-corrected chi connectivity index (χ0v) is 7.26. The molecule has 0 fully saturated rings. The lowest BCUT2D eigenvalue weighted by molar-refractivity contribution is 0.575. The van der Waals surface area contributed by atoms with Crippen LogP contribution in [0.5, 0.6) is 0 Å². The van der Waals surface area contributed by atoms with Gasteiger partial charge >= 0.3 is 0 Å². The van der Waals surface area contributed by atoms with E-state index in [0.29, 0.717) is 11.3 Å². The number of benzene rings is 1. The van der Waals surface area contributed by atoms with E-state index in [4.69, 9.17) is 7.16 Å². The minimum absolute atomic E-state index is 0.300. The number of alkyl halides is 1. The van der Waals surface area contributed by atoms with E-state index < -0.39 is 5.28 Å². The number of rotatable bonds is 1. The molecule has 0 bridgehead atoms. The molecule has 0 radical (unpaired) electrons. The number of para-hydroxylation sites is 1. The van der Waals surface area contributed by atoms with Gasteiger partial charge in [-0.25, -0.2) is 0 Å². The summed E-state index contributed by atoms with van der Waals surface area (Å²) in [6, 6.07) is 9.16. The Balaban J connectivity index is 2.63. The molecule has 11 heavy (non-hydrogen) atoms.